The van der Waals surface area contributed by atoms with Gasteiger partial charge in [0.2, 0.25) is 5.91 Å². The Kier molecular flexibility index (Phi) is 5.64. The average molecular weight is 371 g/mol. The van der Waals surface area contributed by atoms with Crippen molar-refractivity contribution in [2.45, 2.75) is 37.8 Å². The van der Waals surface area contributed by atoms with Crippen LogP contribution in [0, 0.1) is 0 Å². The highest BCUT2D eigenvalue weighted by atomic mass is 35.5. The summed E-state index contributed by atoms with van der Waals surface area (Å²) in [7, 11) is 0. The molecule has 1 aromatic rings. The van der Waals surface area contributed by atoms with Crippen LogP contribution in [0.4, 0.5) is 0 Å². The molecule has 1 N–H and O–H groups in total. The number of benzene rings is 1. The topological polar surface area (TPSA) is 58.6 Å². The van der Waals surface area contributed by atoms with Crippen LogP contribution < -0.4 is 5.32 Å². The molecule has 1 unspecified atom stereocenters. The van der Waals surface area contributed by atoms with Gasteiger partial charge in [-0.05, 0) is 43.9 Å². The third-order valence-corrected chi connectivity index (χ3v) is 5.26. The fraction of sp³-hybridized carbons (Fsp3) is 0.529. The van der Waals surface area contributed by atoms with Crippen LogP contribution in [0.1, 0.15) is 36.0 Å². The zero-order valence-corrected chi connectivity index (χ0v) is 14.8. The van der Waals surface area contributed by atoms with Crippen LogP contribution >= 0.6 is 23.2 Å². The average Bonchev–Trinajstić information content (AvgIpc) is 3.12. The first-order valence-electron chi connectivity index (χ1n) is 8.21. The first-order chi connectivity index (χ1) is 11.5. The molecule has 0 spiro atoms. The normalized spacial score (nSPS) is 21.8. The van der Waals surface area contributed by atoms with E-state index in [1.165, 1.54) is 0 Å². The van der Waals surface area contributed by atoms with E-state index in [0.29, 0.717) is 35.3 Å². The smallest absolute Gasteiger partial charge is 0.253 e. The van der Waals surface area contributed by atoms with Gasteiger partial charge in [0, 0.05) is 31.3 Å². The summed E-state index contributed by atoms with van der Waals surface area (Å²) < 4.78 is 5.39. The zero-order chi connectivity index (χ0) is 17.1. The van der Waals surface area contributed by atoms with Gasteiger partial charge in [0.25, 0.3) is 5.91 Å². The number of likely N-dealkylation sites (tertiary alicyclic amines) is 1. The van der Waals surface area contributed by atoms with Gasteiger partial charge >= 0.3 is 0 Å². The van der Waals surface area contributed by atoms with Crippen molar-refractivity contribution in [3.05, 3.63) is 33.8 Å². The summed E-state index contributed by atoms with van der Waals surface area (Å²) in [5, 5.41) is 3.85. The quantitative estimate of drug-likeness (QED) is 0.889. The van der Waals surface area contributed by atoms with Crippen molar-refractivity contribution in [3.8, 4) is 0 Å². The van der Waals surface area contributed by atoms with Gasteiger partial charge < -0.3 is 15.0 Å². The van der Waals surface area contributed by atoms with Gasteiger partial charge in [0.1, 0.15) is 6.10 Å². The van der Waals surface area contributed by atoms with E-state index in [0.717, 1.165) is 25.7 Å². The summed E-state index contributed by atoms with van der Waals surface area (Å²) in [6.07, 6.45) is 2.91. The van der Waals surface area contributed by atoms with Crippen LogP contribution in [0.25, 0.3) is 0 Å². The largest absolute Gasteiger partial charge is 0.368 e. The maximum Gasteiger partial charge on any atom is 0.253 e. The Labute approximate surface area is 151 Å². The number of amides is 2. The molecule has 2 fully saturated rings. The molecule has 0 saturated carbocycles. The Morgan fingerprint density at radius 1 is 1.12 bits per heavy atom. The van der Waals surface area contributed by atoms with Gasteiger partial charge in [-0.1, -0.05) is 23.2 Å². The van der Waals surface area contributed by atoms with E-state index >= 15 is 0 Å². The maximum absolute atomic E-state index is 12.5. The summed E-state index contributed by atoms with van der Waals surface area (Å²) >= 11 is 11.9. The SMILES string of the molecule is O=C(NC1CCN(C(=O)c2ccc(Cl)c(Cl)c2)CC1)C1CCCO1. The summed E-state index contributed by atoms with van der Waals surface area (Å²) in [5.74, 6) is -0.0840. The second kappa shape index (κ2) is 7.72. The van der Waals surface area contributed by atoms with E-state index in [-0.39, 0.29) is 24.0 Å². The summed E-state index contributed by atoms with van der Waals surface area (Å²) in [6.45, 7) is 1.87. The molecule has 1 atom stereocenters. The summed E-state index contributed by atoms with van der Waals surface area (Å²) in [4.78, 5) is 26.4. The Hall–Kier alpha value is -1.30. The lowest BCUT2D eigenvalue weighted by Gasteiger charge is -2.33. The molecule has 2 aliphatic rings. The molecule has 2 heterocycles. The fourth-order valence-corrected chi connectivity index (χ4v) is 3.42. The van der Waals surface area contributed by atoms with Crippen molar-refractivity contribution < 1.29 is 14.3 Å². The fourth-order valence-electron chi connectivity index (χ4n) is 3.12. The van der Waals surface area contributed by atoms with Crippen molar-refractivity contribution in [2.75, 3.05) is 19.7 Å². The van der Waals surface area contributed by atoms with Crippen molar-refractivity contribution in [1.82, 2.24) is 10.2 Å². The molecular weight excluding hydrogens is 351 g/mol. The van der Waals surface area contributed by atoms with Crippen LogP contribution in [-0.4, -0.2) is 48.6 Å². The highest BCUT2D eigenvalue weighted by Crippen LogP contribution is 2.24. The van der Waals surface area contributed by atoms with Gasteiger partial charge in [-0.2, -0.15) is 0 Å². The van der Waals surface area contributed by atoms with Crippen molar-refractivity contribution in [2.24, 2.45) is 0 Å². The molecule has 0 aliphatic carbocycles. The molecule has 130 valence electrons. The number of hydrogen-bond acceptors (Lipinski definition) is 3. The molecule has 24 heavy (non-hydrogen) atoms. The first kappa shape index (κ1) is 17.5. The van der Waals surface area contributed by atoms with E-state index in [1.807, 2.05) is 0 Å². The lowest BCUT2D eigenvalue weighted by molar-refractivity contribution is -0.131. The molecule has 0 bridgehead atoms. The van der Waals surface area contributed by atoms with E-state index in [2.05, 4.69) is 5.32 Å². The highest BCUT2D eigenvalue weighted by molar-refractivity contribution is 6.42. The first-order valence-corrected chi connectivity index (χ1v) is 8.96. The number of rotatable bonds is 3. The second-order valence-electron chi connectivity index (χ2n) is 6.21. The van der Waals surface area contributed by atoms with E-state index in [9.17, 15) is 9.59 Å². The van der Waals surface area contributed by atoms with Gasteiger partial charge in [-0.25, -0.2) is 0 Å². The van der Waals surface area contributed by atoms with E-state index < -0.39 is 0 Å². The molecule has 0 radical (unpaired) electrons. The number of piperidine rings is 1. The van der Waals surface area contributed by atoms with Gasteiger partial charge in [-0.15, -0.1) is 0 Å². The molecule has 2 saturated heterocycles. The number of halogens is 2. The minimum Gasteiger partial charge on any atom is -0.368 e. The maximum atomic E-state index is 12.5. The van der Waals surface area contributed by atoms with Crippen LogP contribution in [0.15, 0.2) is 18.2 Å². The Morgan fingerprint density at radius 3 is 2.50 bits per heavy atom. The minimum absolute atomic E-state index is 0.0261. The lowest BCUT2D eigenvalue weighted by atomic mass is 10.0. The number of nitrogens with one attached hydrogen (secondary N) is 1. The van der Waals surface area contributed by atoms with Crippen LogP contribution in [0.5, 0.6) is 0 Å². The number of hydrogen-bond donors (Lipinski definition) is 1. The Balaban J connectivity index is 1.51. The van der Waals surface area contributed by atoms with E-state index in [1.54, 1.807) is 23.1 Å². The summed E-state index contributed by atoms with van der Waals surface area (Å²) in [6, 6.07) is 5.00. The summed E-state index contributed by atoms with van der Waals surface area (Å²) in [5.41, 5.74) is 0.534. The monoisotopic (exact) mass is 370 g/mol. The minimum atomic E-state index is -0.305. The molecule has 1 aromatic carbocycles. The lowest BCUT2D eigenvalue weighted by Crippen LogP contribution is -2.48. The number of nitrogens with zero attached hydrogens (tertiary/aromatic N) is 1. The third kappa shape index (κ3) is 4.02. The number of ether oxygens (including phenoxy) is 1. The number of carbonyl (C=O) groups is 2. The standard InChI is InChI=1S/C17H20Cl2N2O3/c18-13-4-3-11(10-14(13)19)17(23)21-7-5-12(6-8-21)20-16(22)15-2-1-9-24-15/h3-4,10,12,15H,1-2,5-9H2,(H,20,22). The Morgan fingerprint density at radius 2 is 1.88 bits per heavy atom. The highest BCUT2D eigenvalue weighted by Gasteiger charge is 2.28. The predicted molar refractivity (Wildman–Crippen MR) is 92.5 cm³/mol. The van der Waals surface area contributed by atoms with Crippen molar-refractivity contribution in [3.63, 3.8) is 0 Å². The molecule has 5 nitrogen and oxygen atoms in total. The number of carbonyl (C=O) groups excluding carboxylic acids is 2. The zero-order valence-electron chi connectivity index (χ0n) is 13.3. The van der Waals surface area contributed by atoms with Crippen LogP contribution in [0.3, 0.4) is 0 Å². The van der Waals surface area contributed by atoms with Crippen LogP contribution in [-0.2, 0) is 9.53 Å². The predicted octanol–water partition coefficient (Wildman–Crippen LogP) is 2.89. The molecular formula is C17H20Cl2N2O3. The van der Waals surface area contributed by atoms with Gasteiger partial charge in [0.15, 0.2) is 0 Å². The third-order valence-electron chi connectivity index (χ3n) is 4.52. The molecule has 2 amide bonds. The van der Waals surface area contributed by atoms with Gasteiger partial charge in [-0.3, -0.25) is 9.59 Å². The molecule has 3 rings (SSSR count). The Bertz CT molecular complexity index is 624. The van der Waals surface area contributed by atoms with E-state index in [4.69, 9.17) is 27.9 Å². The van der Waals surface area contributed by atoms with Crippen LogP contribution in [0.2, 0.25) is 10.0 Å². The second-order valence-corrected chi connectivity index (χ2v) is 7.02. The molecule has 0 aromatic heterocycles. The van der Waals surface area contributed by atoms with Crippen molar-refractivity contribution >= 4 is 35.0 Å². The van der Waals surface area contributed by atoms with Crippen molar-refractivity contribution in [1.29, 1.82) is 0 Å². The van der Waals surface area contributed by atoms with Gasteiger partial charge in [0.05, 0.1) is 10.0 Å². The molecule has 7 heteroatoms. The molecule has 2 aliphatic heterocycles.